The first kappa shape index (κ1) is 20.1. The summed E-state index contributed by atoms with van der Waals surface area (Å²) in [5.74, 6) is 0.532. The molecule has 4 aromatic rings. The predicted molar refractivity (Wildman–Crippen MR) is 120 cm³/mol. The molecule has 1 aromatic carbocycles. The number of aromatic nitrogens is 4. The third kappa shape index (κ3) is 3.90. The van der Waals surface area contributed by atoms with Crippen molar-refractivity contribution in [1.29, 1.82) is 0 Å². The summed E-state index contributed by atoms with van der Waals surface area (Å²) in [6, 6.07) is 13.3. The Morgan fingerprint density at radius 3 is 2.59 bits per heavy atom. The van der Waals surface area contributed by atoms with Crippen molar-refractivity contribution in [3.05, 3.63) is 72.6 Å². The van der Waals surface area contributed by atoms with E-state index in [1.165, 1.54) is 18.5 Å². The van der Waals surface area contributed by atoms with Crippen LogP contribution in [-0.2, 0) is 0 Å². The van der Waals surface area contributed by atoms with Gasteiger partial charge in [0.25, 0.3) is 5.91 Å². The standard InChI is InChI=1S/C23H22FN7O/c1-29-10-12-30(13-11-29)20-14-18(25-15-26-20)23(32)28-22-21(16-5-7-17(24)8-6-16)27-19-4-2-3-9-31(19)22/h2-9,14-15H,10-13H2,1H3,(H,28,32). The molecule has 1 aliphatic heterocycles. The van der Waals surface area contributed by atoms with Crippen molar-refractivity contribution in [3.63, 3.8) is 0 Å². The number of rotatable bonds is 4. The van der Waals surface area contributed by atoms with E-state index < -0.39 is 0 Å². The second kappa shape index (κ2) is 8.35. The largest absolute Gasteiger partial charge is 0.354 e. The Labute approximate surface area is 184 Å². The number of imidazole rings is 1. The molecule has 1 N–H and O–H groups in total. The summed E-state index contributed by atoms with van der Waals surface area (Å²) in [4.78, 5) is 30.7. The lowest BCUT2D eigenvalue weighted by Gasteiger charge is -2.33. The number of likely N-dealkylation sites (N-methyl/N-ethyl adjacent to an activating group) is 1. The minimum absolute atomic E-state index is 0.268. The van der Waals surface area contributed by atoms with Crippen LogP contribution in [0, 0.1) is 5.82 Å². The molecule has 0 atom stereocenters. The van der Waals surface area contributed by atoms with E-state index in [1.807, 2.05) is 24.4 Å². The first-order valence-corrected chi connectivity index (χ1v) is 10.4. The molecule has 1 saturated heterocycles. The minimum Gasteiger partial charge on any atom is -0.354 e. The molecule has 0 radical (unpaired) electrons. The molecule has 8 nitrogen and oxygen atoms in total. The number of hydrogen-bond acceptors (Lipinski definition) is 6. The van der Waals surface area contributed by atoms with Crippen LogP contribution in [0.2, 0.25) is 0 Å². The van der Waals surface area contributed by atoms with Gasteiger partial charge in [0.05, 0.1) is 0 Å². The number of piperazine rings is 1. The number of carbonyl (C=O) groups excluding carboxylic acids is 1. The fourth-order valence-electron chi connectivity index (χ4n) is 3.78. The van der Waals surface area contributed by atoms with Gasteiger partial charge in [-0.05, 0) is 43.4 Å². The van der Waals surface area contributed by atoms with Crippen LogP contribution < -0.4 is 10.2 Å². The lowest BCUT2D eigenvalue weighted by atomic mass is 10.1. The molecule has 1 fully saturated rings. The van der Waals surface area contributed by atoms with Crippen molar-refractivity contribution in [2.24, 2.45) is 0 Å². The molecular weight excluding hydrogens is 409 g/mol. The Hall–Kier alpha value is -3.85. The van der Waals surface area contributed by atoms with Crippen molar-refractivity contribution < 1.29 is 9.18 Å². The van der Waals surface area contributed by atoms with Gasteiger partial charge in [-0.3, -0.25) is 9.20 Å². The topological polar surface area (TPSA) is 78.7 Å². The van der Waals surface area contributed by atoms with E-state index in [9.17, 15) is 9.18 Å². The van der Waals surface area contributed by atoms with E-state index >= 15 is 0 Å². The van der Waals surface area contributed by atoms with Crippen LogP contribution in [0.25, 0.3) is 16.9 Å². The quantitative estimate of drug-likeness (QED) is 0.535. The van der Waals surface area contributed by atoms with Gasteiger partial charge in [-0.15, -0.1) is 0 Å². The molecule has 162 valence electrons. The second-order valence-corrected chi connectivity index (χ2v) is 7.75. The molecule has 0 bridgehead atoms. The van der Waals surface area contributed by atoms with E-state index in [0.717, 1.165) is 32.0 Å². The van der Waals surface area contributed by atoms with E-state index in [1.54, 1.807) is 22.6 Å². The average Bonchev–Trinajstić information content (AvgIpc) is 3.18. The number of nitrogens with zero attached hydrogens (tertiary/aromatic N) is 6. The smallest absolute Gasteiger partial charge is 0.275 e. The van der Waals surface area contributed by atoms with Crippen molar-refractivity contribution in [1.82, 2.24) is 24.3 Å². The molecule has 5 rings (SSSR count). The van der Waals surface area contributed by atoms with E-state index in [0.29, 0.717) is 22.7 Å². The molecule has 32 heavy (non-hydrogen) atoms. The highest BCUT2D eigenvalue weighted by Gasteiger charge is 2.20. The van der Waals surface area contributed by atoms with Gasteiger partial charge >= 0.3 is 0 Å². The molecule has 3 aromatic heterocycles. The van der Waals surface area contributed by atoms with Gasteiger partial charge < -0.3 is 15.1 Å². The van der Waals surface area contributed by atoms with Crippen LogP contribution in [0.4, 0.5) is 16.0 Å². The fraction of sp³-hybridized carbons (Fsp3) is 0.217. The van der Waals surface area contributed by atoms with Gasteiger partial charge in [0.15, 0.2) is 0 Å². The maximum atomic E-state index is 13.4. The molecule has 1 amide bonds. The number of carbonyl (C=O) groups is 1. The highest BCUT2D eigenvalue weighted by molar-refractivity contribution is 6.04. The Morgan fingerprint density at radius 2 is 1.81 bits per heavy atom. The Kier molecular flexibility index (Phi) is 5.24. The molecule has 0 aliphatic carbocycles. The average molecular weight is 431 g/mol. The minimum atomic E-state index is -0.364. The van der Waals surface area contributed by atoms with Crippen LogP contribution in [0.15, 0.2) is 61.1 Å². The summed E-state index contributed by atoms with van der Waals surface area (Å²) in [7, 11) is 2.09. The van der Waals surface area contributed by atoms with Crippen molar-refractivity contribution >= 4 is 23.2 Å². The lowest BCUT2D eigenvalue weighted by molar-refractivity contribution is 0.102. The maximum Gasteiger partial charge on any atom is 0.275 e. The normalized spacial score (nSPS) is 14.6. The summed E-state index contributed by atoms with van der Waals surface area (Å²) in [6.45, 7) is 3.57. The second-order valence-electron chi connectivity index (χ2n) is 7.75. The Balaban J connectivity index is 1.47. The number of benzene rings is 1. The third-order valence-corrected chi connectivity index (χ3v) is 5.59. The zero-order valence-electron chi connectivity index (χ0n) is 17.6. The Bertz CT molecular complexity index is 1260. The summed E-state index contributed by atoms with van der Waals surface area (Å²) in [5, 5.41) is 2.95. The number of fused-ring (bicyclic) bond motifs is 1. The fourth-order valence-corrected chi connectivity index (χ4v) is 3.78. The van der Waals surface area contributed by atoms with Gasteiger partial charge in [0.1, 0.15) is 40.8 Å². The summed E-state index contributed by atoms with van der Waals surface area (Å²) >= 11 is 0. The van der Waals surface area contributed by atoms with E-state index in [4.69, 9.17) is 0 Å². The van der Waals surface area contributed by atoms with Gasteiger partial charge in [0.2, 0.25) is 0 Å². The summed E-state index contributed by atoms with van der Waals surface area (Å²) in [5.41, 5.74) is 2.19. The molecule has 0 unspecified atom stereocenters. The van der Waals surface area contributed by atoms with Crippen LogP contribution in [0.3, 0.4) is 0 Å². The van der Waals surface area contributed by atoms with Crippen molar-refractivity contribution in [2.75, 3.05) is 43.4 Å². The maximum absolute atomic E-state index is 13.4. The van der Waals surface area contributed by atoms with Crippen LogP contribution in [-0.4, -0.2) is 63.4 Å². The lowest BCUT2D eigenvalue weighted by Crippen LogP contribution is -2.44. The summed E-state index contributed by atoms with van der Waals surface area (Å²) in [6.07, 6.45) is 3.23. The zero-order chi connectivity index (χ0) is 22.1. The number of nitrogens with one attached hydrogen (secondary N) is 1. The molecular formula is C23H22FN7O. The molecule has 9 heteroatoms. The number of pyridine rings is 1. The SMILES string of the molecule is CN1CCN(c2cc(C(=O)Nc3c(-c4ccc(F)cc4)nc4ccccn34)ncn2)CC1. The molecule has 4 heterocycles. The van der Waals surface area contributed by atoms with Crippen molar-refractivity contribution in [3.8, 4) is 11.3 Å². The monoisotopic (exact) mass is 431 g/mol. The molecule has 0 saturated carbocycles. The van der Waals surface area contributed by atoms with Crippen molar-refractivity contribution in [2.45, 2.75) is 0 Å². The van der Waals surface area contributed by atoms with Gasteiger partial charge in [-0.2, -0.15) is 0 Å². The van der Waals surface area contributed by atoms with E-state index in [-0.39, 0.29) is 17.4 Å². The highest BCUT2D eigenvalue weighted by atomic mass is 19.1. The molecule has 1 aliphatic rings. The number of hydrogen-bond donors (Lipinski definition) is 1. The first-order valence-electron chi connectivity index (χ1n) is 10.4. The van der Waals surface area contributed by atoms with Gasteiger partial charge in [-0.1, -0.05) is 6.07 Å². The van der Waals surface area contributed by atoms with Gasteiger partial charge in [0, 0.05) is 44.0 Å². The number of halogens is 1. The predicted octanol–water partition coefficient (Wildman–Crippen LogP) is 2.93. The first-order chi connectivity index (χ1) is 15.6. The van der Waals surface area contributed by atoms with Gasteiger partial charge in [-0.25, -0.2) is 19.3 Å². The summed E-state index contributed by atoms with van der Waals surface area (Å²) < 4.78 is 15.2. The van der Waals surface area contributed by atoms with Crippen LogP contribution in [0.5, 0.6) is 0 Å². The third-order valence-electron chi connectivity index (χ3n) is 5.59. The number of anilines is 2. The van der Waals surface area contributed by atoms with Crippen LogP contribution in [0.1, 0.15) is 10.5 Å². The molecule has 0 spiro atoms. The highest BCUT2D eigenvalue weighted by Crippen LogP contribution is 2.29. The zero-order valence-corrected chi connectivity index (χ0v) is 17.6. The number of amides is 1. The van der Waals surface area contributed by atoms with Crippen LogP contribution >= 0.6 is 0 Å². The van der Waals surface area contributed by atoms with E-state index in [2.05, 4.69) is 37.1 Å². The Morgan fingerprint density at radius 1 is 1.03 bits per heavy atom.